The predicted molar refractivity (Wildman–Crippen MR) is 103 cm³/mol. The number of nitrogens with zero attached hydrogens (tertiary/aromatic N) is 2. The Morgan fingerprint density at radius 3 is 2.96 bits per heavy atom. The minimum atomic E-state index is -0.495. The van der Waals surface area contributed by atoms with Crippen molar-refractivity contribution in [1.82, 2.24) is 4.98 Å². The van der Waals surface area contributed by atoms with Crippen LogP contribution < -0.4 is 10.1 Å². The zero-order chi connectivity index (χ0) is 18.2. The normalized spacial score (nSPS) is 11.2. The van der Waals surface area contributed by atoms with E-state index in [1.54, 1.807) is 11.6 Å². The molecule has 0 unspecified atom stereocenters. The molecule has 0 spiro atoms. The number of amides is 1. The average Bonchev–Trinajstić information content (AvgIpc) is 3.07. The third-order valence-electron chi connectivity index (χ3n) is 3.24. The van der Waals surface area contributed by atoms with Gasteiger partial charge in [0.05, 0.1) is 6.61 Å². The number of nitriles is 1. The quantitative estimate of drug-likeness (QED) is 0.512. The van der Waals surface area contributed by atoms with Gasteiger partial charge in [-0.2, -0.15) is 5.26 Å². The van der Waals surface area contributed by atoms with E-state index in [1.807, 2.05) is 24.3 Å². The third kappa shape index (κ3) is 6.00. The summed E-state index contributed by atoms with van der Waals surface area (Å²) in [4.78, 5) is 16.2. The predicted octanol–water partition coefficient (Wildman–Crippen LogP) is 4.88. The van der Waals surface area contributed by atoms with E-state index in [9.17, 15) is 10.1 Å². The molecule has 25 heavy (non-hydrogen) atoms. The average molecular weight is 420 g/mol. The summed E-state index contributed by atoms with van der Waals surface area (Å²) in [5, 5.41) is 14.2. The number of hydrogen-bond donors (Lipinski definition) is 1. The van der Waals surface area contributed by atoms with Gasteiger partial charge in [-0.15, -0.1) is 11.3 Å². The Hall–Kier alpha value is -2.17. The molecular weight excluding hydrogens is 402 g/mol. The van der Waals surface area contributed by atoms with Crippen LogP contribution in [0, 0.1) is 17.2 Å². The van der Waals surface area contributed by atoms with E-state index in [1.165, 1.54) is 17.4 Å². The number of benzene rings is 1. The van der Waals surface area contributed by atoms with Crippen molar-refractivity contribution >= 4 is 44.4 Å². The van der Waals surface area contributed by atoms with Crippen LogP contribution in [0.25, 0.3) is 6.08 Å². The SMILES string of the molecule is CC(C)CCOc1ccc(Br)cc1C=C(C#N)C(=O)Nc1nccs1. The molecule has 0 saturated heterocycles. The van der Waals surface area contributed by atoms with Crippen molar-refractivity contribution in [3.8, 4) is 11.8 Å². The number of nitrogens with one attached hydrogen (secondary N) is 1. The maximum atomic E-state index is 12.3. The number of aromatic nitrogens is 1. The summed E-state index contributed by atoms with van der Waals surface area (Å²) >= 11 is 4.70. The molecule has 5 nitrogen and oxygen atoms in total. The van der Waals surface area contributed by atoms with Crippen LogP contribution in [0.5, 0.6) is 5.75 Å². The van der Waals surface area contributed by atoms with Crippen molar-refractivity contribution in [1.29, 1.82) is 5.26 Å². The van der Waals surface area contributed by atoms with Crippen LogP contribution in [0.1, 0.15) is 25.8 Å². The van der Waals surface area contributed by atoms with E-state index < -0.39 is 5.91 Å². The summed E-state index contributed by atoms with van der Waals surface area (Å²) in [6.07, 6.45) is 4.04. The van der Waals surface area contributed by atoms with Crippen LogP contribution in [0.2, 0.25) is 0 Å². The first kappa shape index (κ1) is 19.2. The molecule has 0 bridgehead atoms. The van der Waals surface area contributed by atoms with Gasteiger partial charge in [-0.3, -0.25) is 10.1 Å². The molecule has 7 heteroatoms. The molecule has 1 amide bonds. The van der Waals surface area contributed by atoms with Gasteiger partial charge in [-0.05, 0) is 36.6 Å². The van der Waals surface area contributed by atoms with Gasteiger partial charge in [0.1, 0.15) is 17.4 Å². The van der Waals surface area contributed by atoms with E-state index in [0.717, 1.165) is 10.9 Å². The van der Waals surface area contributed by atoms with Gasteiger partial charge >= 0.3 is 0 Å². The molecule has 0 saturated carbocycles. The van der Waals surface area contributed by atoms with Gasteiger partial charge < -0.3 is 4.74 Å². The number of halogens is 1. The van der Waals surface area contributed by atoms with E-state index in [4.69, 9.17) is 4.74 Å². The van der Waals surface area contributed by atoms with Crippen molar-refractivity contribution in [2.24, 2.45) is 5.92 Å². The second kappa shape index (κ2) is 9.35. The number of hydrogen-bond acceptors (Lipinski definition) is 5. The zero-order valence-corrected chi connectivity index (χ0v) is 16.4. The fourth-order valence-electron chi connectivity index (χ4n) is 1.92. The minimum absolute atomic E-state index is 0.0120. The Labute approximate surface area is 159 Å². The number of ether oxygens (including phenoxy) is 1. The Bertz CT molecular complexity index is 795. The first-order valence-corrected chi connectivity index (χ1v) is 9.42. The zero-order valence-electron chi connectivity index (χ0n) is 14.0. The molecule has 0 fully saturated rings. The number of thiazole rings is 1. The topological polar surface area (TPSA) is 75.0 Å². The van der Waals surface area contributed by atoms with Crippen LogP contribution in [-0.2, 0) is 4.79 Å². The van der Waals surface area contributed by atoms with Crippen molar-refractivity contribution in [2.45, 2.75) is 20.3 Å². The smallest absolute Gasteiger partial charge is 0.268 e. The highest BCUT2D eigenvalue weighted by molar-refractivity contribution is 9.10. The highest BCUT2D eigenvalue weighted by Crippen LogP contribution is 2.26. The molecule has 0 atom stereocenters. The maximum Gasteiger partial charge on any atom is 0.268 e. The standard InChI is InChI=1S/C18H18BrN3O2S/c1-12(2)5-7-24-16-4-3-15(19)10-13(16)9-14(11-20)17(23)22-18-21-6-8-25-18/h3-4,6,8-10,12H,5,7H2,1-2H3,(H,21,22,23). The molecule has 0 aliphatic heterocycles. The minimum Gasteiger partial charge on any atom is -0.493 e. The summed E-state index contributed by atoms with van der Waals surface area (Å²) in [5.41, 5.74) is 0.658. The van der Waals surface area contributed by atoms with Crippen molar-refractivity contribution in [3.05, 3.63) is 45.4 Å². The molecule has 130 valence electrons. The molecule has 0 aliphatic carbocycles. The lowest BCUT2D eigenvalue weighted by molar-refractivity contribution is -0.112. The van der Waals surface area contributed by atoms with Gasteiger partial charge in [0.15, 0.2) is 5.13 Å². The Balaban J connectivity index is 2.22. The third-order valence-corrected chi connectivity index (χ3v) is 4.42. The second-order valence-electron chi connectivity index (χ2n) is 5.67. The molecule has 0 aliphatic rings. The Morgan fingerprint density at radius 1 is 1.52 bits per heavy atom. The fourth-order valence-corrected chi connectivity index (χ4v) is 2.82. The fraction of sp³-hybridized carbons (Fsp3) is 0.278. The van der Waals surface area contributed by atoms with Crippen molar-refractivity contribution in [3.63, 3.8) is 0 Å². The van der Waals surface area contributed by atoms with Crippen LogP contribution in [-0.4, -0.2) is 17.5 Å². The number of carbonyl (C=O) groups excluding carboxylic acids is 1. The van der Waals surface area contributed by atoms with Gasteiger partial charge in [0.2, 0.25) is 0 Å². The van der Waals surface area contributed by atoms with Crippen LogP contribution >= 0.6 is 27.3 Å². The van der Waals surface area contributed by atoms with E-state index >= 15 is 0 Å². The Kier molecular flexibility index (Phi) is 7.16. The highest BCUT2D eigenvalue weighted by Gasteiger charge is 2.13. The summed E-state index contributed by atoms with van der Waals surface area (Å²) in [7, 11) is 0. The molecule has 1 aromatic heterocycles. The molecule has 2 rings (SSSR count). The maximum absolute atomic E-state index is 12.3. The van der Waals surface area contributed by atoms with Gasteiger partial charge in [0.25, 0.3) is 5.91 Å². The lowest BCUT2D eigenvalue weighted by atomic mass is 10.1. The van der Waals surface area contributed by atoms with Gasteiger partial charge in [-0.25, -0.2) is 4.98 Å². The number of rotatable bonds is 7. The molecule has 0 radical (unpaired) electrons. The highest BCUT2D eigenvalue weighted by atomic mass is 79.9. The van der Waals surface area contributed by atoms with Gasteiger partial charge in [0, 0.05) is 21.6 Å². The van der Waals surface area contributed by atoms with Crippen LogP contribution in [0.15, 0.2) is 39.8 Å². The molecule has 1 N–H and O–H groups in total. The monoisotopic (exact) mass is 419 g/mol. The first-order valence-electron chi connectivity index (χ1n) is 7.74. The van der Waals surface area contributed by atoms with Crippen molar-refractivity contribution in [2.75, 3.05) is 11.9 Å². The number of carbonyl (C=O) groups is 1. The van der Waals surface area contributed by atoms with E-state index in [-0.39, 0.29) is 5.57 Å². The lowest BCUT2D eigenvalue weighted by Crippen LogP contribution is -2.13. The molecular formula is C18H18BrN3O2S. The van der Waals surface area contributed by atoms with E-state index in [2.05, 4.69) is 40.1 Å². The largest absolute Gasteiger partial charge is 0.493 e. The summed E-state index contributed by atoms with van der Waals surface area (Å²) in [6, 6.07) is 7.45. The first-order chi connectivity index (χ1) is 12.0. The number of anilines is 1. The second-order valence-corrected chi connectivity index (χ2v) is 7.48. The van der Waals surface area contributed by atoms with Crippen LogP contribution in [0.3, 0.4) is 0 Å². The molecule has 1 heterocycles. The lowest BCUT2D eigenvalue weighted by Gasteiger charge is -2.11. The van der Waals surface area contributed by atoms with Crippen LogP contribution in [0.4, 0.5) is 5.13 Å². The van der Waals surface area contributed by atoms with E-state index in [0.29, 0.717) is 29.0 Å². The summed E-state index contributed by atoms with van der Waals surface area (Å²) in [5.74, 6) is 0.678. The van der Waals surface area contributed by atoms with Crippen molar-refractivity contribution < 1.29 is 9.53 Å². The summed E-state index contributed by atoms with van der Waals surface area (Å²) in [6.45, 7) is 4.83. The molecule has 1 aromatic carbocycles. The Morgan fingerprint density at radius 2 is 2.32 bits per heavy atom. The molecule has 2 aromatic rings. The van der Waals surface area contributed by atoms with Gasteiger partial charge in [-0.1, -0.05) is 29.8 Å². The summed E-state index contributed by atoms with van der Waals surface area (Å²) < 4.78 is 6.66.